The molecule has 1 fully saturated rings. The molecule has 13 heavy (non-hydrogen) atoms. The number of hydrogen-bond donors (Lipinski definition) is 1. The molecule has 0 radical (unpaired) electrons. The van der Waals surface area contributed by atoms with Gasteiger partial charge in [0.25, 0.3) is 0 Å². The normalized spacial score (nSPS) is 38.2. The van der Waals surface area contributed by atoms with Gasteiger partial charge in [0.1, 0.15) is 0 Å². The van der Waals surface area contributed by atoms with E-state index in [4.69, 9.17) is 6.42 Å². The number of rotatable bonds is 1. The highest BCUT2D eigenvalue weighted by molar-refractivity contribution is 5.01. The summed E-state index contributed by atoms with van der Waals surface area (Å²) in [6.45, 7) is 6.64. The lowest BCUT2D eigenvalue weighted by Gasteiger charge is -2.44. The highest BCUT2D eigenvalue weighted by Crippen LogP contribution is 2.44. The molecule has 1 aliphatic carbocycles. The largest absolute Gasteiger partial charge is 0.389 e. The van der Waals surface area contributed by atoms with E-state index in [1.165, 1.54) is 0 Å². The van der Waals surface area contributed by atoms with Gasteiger partial charge in [-0.2, -0.15) is 0 Å². The summed E-state index contributed by atoms with van der Waals surface area (Å²) >= 11 is 0. The fourth-order valence-corrected chi connectivity index (χ4v) is 2.36. The van der Waals surface area contributed by atoms with Gasteiger partial charge in [-0.05, 0) is 30.6 Å². The van der Waals surface area contributed by atoms with E-state index in [9.17, 15) is 5.11 Å². The maximum atomic E-state index is 10.2. The first-order valence-electron chi connectivity index (χ1n) is 5.05. The zero-order chi connectivity index (χ0) is 10.1. The van der Waals surface area contributed by atoms with Gasteiger partial charge in [0.2, 0.25) is 0 Å². The molecule has 0 amide bonds. The Morgan fingerprint density at radius 3 is 2.54 bits per heavy atom. The third kappa shape index (κ3) is 2.25. The molecule has 0 heterocycles. The van der Waals surface area contributed by atoms with Crippen LogP contribution in [-0.2, 0) is 0 Å². The van der Waals surface area contributed by atoms with E-state index in [0.717, 1.165) is 19.3 Å². The molecular formula is C12H20O. The van der Waals surface area contributed by atoms with Crippen LogP contribution in [0, 0.1) is 23.7 Å². The van der Waals surface area contributed by atoms with Gasteiger partial charge in [-0.3, -0.25) is 0 Å². The van der Waals surface area contributed by atoms with Crippen LogP contribution in [0.5, 0.6) is 0 Å². The molecular weight excluding hydrogens is 160 g/mol. The average molecular weight is 180 g/mol. The summed E-state index contributed by atoms with van der Waals surface area (Å²) in [5.41, 5.74) is -0.218. The summed E-state index contributed by atoms with van der Waals surface area (Å²) < 4.78 is 0. The van der Waals surface area contributed by atoms with Gasteiger partial charge in [-0.25, -0.2) is 0 Å². The minimum atomic E-state index is -0.593. The molecule has 0 saturated heterocycles. The van der Waals surface area contributed by atoms with Crippen LogP contribution in [0.2, 0.25) is 0 Å². The van der Waals surface area contributed by atoms with Crippen molar-refractivity contribution in [2.24, 2.45) is 11.3 Å². The lowest BCUT2D eigenvalue weighted by Crippen LogP contribution is -2.43. The molecule has 2 atom stereocenters. The molecule has 0 bridgehead atoms. The first kappa shape index (κ1) is 10.6. The first-order valence-corrected chi connectivity index (χ1v) is 5.05. The third-order valence-corrected chi connectivity index (χ3v) is 3.42. The zero-order valence-electron chi connectivity index (χ0n) is 8.93. The lowest BCUT2D eigenvalue weighted by atomic mass is 9.64. The van der Waals surface area contributed by atoms with Crippen LogP contribution < -0.4 is 0 Å². The predicted molar refractivity (Wildman–Crippen MR) is 55.2 cm³/mol. The standard InChI is InChI=1S/C12H20O/c1-5-6-12(13)8-7-11(3,4)9-10(12)2/h1,10,13H,6-9H2,2-4H3. The second-order valence-corrected chi connectivity index (χ2v) is 5.25. The lowest BCUT2D eigenvalue weighted by molar-refractivity contribution is -0.0669. The molecule has 0 spiro atoms. The Labute approximate surface area is 81.5 Å². The molecule has 1 nitrogen and oxygen atoms in total. The maximum Gasteiger partial charge on any atom is 0.0782 e. The Balaban J connectivity index is 2.69. The van der Waals surface area contributed by atoms with Crippen molar-refractivity contribution in [3.63, 3.8) is 0 Å². The first-order chi connectivity index (χ1) is 5.90. The van der Waals surface area contributed by atoms with Gasteiger partial charge in [0.15, 0.2) is 0 Å². The van der Waals surface area contributed by atoms with E-state index in [0.29, 0.717) is 17.8 Å². The van der Waals surface area contributed by atoms with Crippen molar-refractivity contribution in [3.05, 3.63) is 0 Å². The van der Waals surface area contributed by atoms with E-state index >= 15 is 0 Å². The second-order valence-electron chi connectivity index (χ2n) is 5.25. The molecule has 1 heteroatoms. The molecule has 1 aliphatic rings. The van der Waals surface area contributed by atoms with Gasteiger partial charge in [0.05, 0.1) is 5.60 Å². The van der Waals surface area contributed by atoms with Gasteiger partial charge in [-0.1, -0.05) is 20.8 Å². The number of aliphatic hydroxyl groups is 1. The van der Waals surface area contributed by atoms with Gasteiger partial charge in [-0.15, -0.1) is 12.3 Å². The molecule has 1 rings (SSSR count). The number of terminal acetylenes is 1. The third-order valence-electron chi connectivity index (χ3n) is 3.42. The summed E-state index contributed by atoms with van der Waals surface area (Å²) in [6.07, 6.45) is 8.77. The van der Waals surface area contributed by atoms with Crippen molar-refractivity contribution in [1.29, 1.82) is 0 Å². The Morgan fingerprint density at radius 1 is 1.46 bits per heavy atom. The summed E-state index contributed by atoms with van der Waals surface area (Å²) in [4.78, 5) is 0. The summed E-state index contributed by atoms with van der Waals surface area (Å²) in [5, 5.41) is 10.2. The zero-order valence-corrected chi connectivity index (χ0v) is 8.93. The fraction of sp³-hybridized carbons (Fsp3) is 0.833. The molecule has 0 aromatic carbocycles. The van der Waals surface area contributed by atoms with E-state index in [1.54, 1.807) is 0 Å². The van der Waals surface area contributed by atoms with Crippen LogP contribution in [0.1, 0.15) is 46.5 Å². The summed E-state index contributed by atoms with van der Waals surface area (Å²) in [5.74, 6) is 2.91. The van der Waals surface area contributed by atoms with Crippen molar-refractivity contribution in [2.75, 3.05) is 0 Å². The highest BCUT2D eigenvalue weighted by atomic mass is 16.3. The molecule has 0 aromatic heterocycles. The van der Waals surface area contributed by atoms with Crippen molar-refractivity contribution in [1.82, 2.24) is 0 Å². The Morgan fingerprint density at radius 2 is 2.08 bits per heavy atom. The monoisotopic (exact) mass is 180 g/mol. The van der Waals surface area contributed by atoms with E-state index in [1.807, 2.05) is 0 Å². The van der Waals surface area contributed by atoms with Gasteiger partial charge < -0.3 is 5.11 Å². The van der Waals surface area contributed by atoms with Crippen LogP contribution in [0.25, 0.3) is 0 Å². The Bertz CT molecular complexity index is 224. The Hall–Kier alpha value is -0.480. The molecule has 1 saturated carbocycles. The van der Waals surface area contributed by atoms with Crippen LogP contribution in [-0.4, -0.2) is 10.7 Å². The topological polar surface area (TPSA) is 20.2 Å². The van der Waals surface area contributed by atoms with Crippen molar-refractivity contribution < 1.29 is 5.11 Å². The molecule has 1 N–H and O–H groups in total. The van der Waals surface area contributed by atoms with Gasteiger partial charge >= 0.3 is 0 Å². The van der Waals surface area contributed by atoms with Crippen LogP contribution >= 0.6 is 0 Å². The van der Waals surface area contributed by atoms with Crippen LogP contribution in [0.3, 0.4) is 0 Å². The average Bonchev–Trinajstić information content (AvgIpc) is 1.99. The van der Waals surface area contributed by atoms with E-state index in [-0.39, 0.29) is 0 Å². The van der Waals surface area contributed by atoms with Gasteiger partial charge in [0, 0.05) is 6.42 Å². The quantitative estimate of drug-likeness (QED) is 0.615. The predicted octanol–water partition coefficient (Wildman–Crippen LogP) is 2.59. The highest BCUT2D eigenvalue weighted by Gasteiger charge is 2.41. The van der Waals surface area contributed by atoms with Crippen molar-refractivity contribution in [3.8, 4) is 12.3 Å². The molecule has 74 valence electrons. The van der Waals surface area contributed by atoms with E-state index < -0.39 is 5.60 Å². The van der Waals surface area contributed by atoms with Crippen molar-refractivity contribution in [2.45, 2.75) is 52.1 Å². The molecule has 0 aliphatic heterocycles. The fourth-order valence-electron chi connectivity index (χ4n) is 2.36. The number of hydrogen-bond acceptors (Lipinski definition) is 1. The Kier molecular flexibility index (Phi) is 2.73. The van der Waals surface area contributed by atoms with Crippen LogP contribution in [0.15, 0.2) is 0 Å². The molecule has 2 unspecified atom stereocenters. The SMILES string of the molecule is C#CCC1(O)CCC(C)(C)CC1C. The maximum absolute atomic E-state index is 10.2. The minimum Gasteiger partial charge on any atom is -0.389 e. The minimum absolute atomic E-state index is 0.326. The van der Waals surface area contributed by atoms with Crippen LogP contribution in [0.4, 0.5) is 0 Å². The van der Waals surface area contributed by atoms with Crippen molar-refractivity contribution >= 4 is 0 Å². The van der Waals surface area contributed by atoms with E-state index in [2.05, 4.69) is 26.7 Å². The molecule has 0 aromatic rings. The second kappa shape index (κ2) is 3.35. The smallest absolute Gasteiger partial charge is 0.0782 e. The summed E-state index contributed by atoms with van der Waals surface area (Å²) in [7, 11) is 0. The summed E-state index contributed by atoms with van der Waals surface area (Å²) in [6, 6.07) is 0.